The number of carbonyl (C=O) groups is 1. The van der Waals surface area contributed by atoms with Crippen molar-refractivity contribution in [2.45, 2.75) is 13.3 Å². The van der Waals surface area contributed by atoms with Gasteiger partial charge in [-0.2, -0.15) is 0 Å². The van der Waals surface area contributed by atoms with E-state index < -0.39 is 0 Å². The number of nitrogens with one attached hydrogen (secondary N) is 2. The van der Waals surface area contributed by atoms with Crippen LogP contribution < -0.4 is 20.1 Å². The van der Waals surface area contributed by atoms with Crippen LogP contribution in [0.25, 0.3) is 0 Å². The van der Waals surface area contributed by atoms with E-state index in [1.165, 1.54) is 0 Å². The van der Waals surface area contributed by atoms with Gasteiger partial charge in [-0.25, -0.2) is 0 Å². The monoisotopic (exact) mass is 468 g/mol. The summed E-state index contributed by atoms with van der Waals surface area (Å²) in [5.74, 6) is 0.927. The number of halogens is 1. The lowest BCUT2D eigenvalue weighted by molar-refractivity contribution is 0.0976. The van der Waals surface area contributed by atoms with Crippen molar-refractivity contribution in [2.75, 3.05) is 18.5 Å². The molecule has 0 bridgehead atoms. The van der Waals surface area contributed by atoms with Gasteiger partial charge >= 0.3 is 0 Å². The summed E-state index contributed by atoms with van der Waals surface area (Å²) in [6, 6.07) is 11.1. The van der Waals surface area contributed by atoms with Gasteiger partial charge in [0.2, 0.25) is 0 Å². The van der Waals surface area contributed by atoms with Crippen molar-refractivity contribution in [3.8, 4) is 11.5 Å². The van der Waals surface area contributed by atoms with Crippen LogP contribution in [0.1, 0.15) is 22.8 Å². The Labute approximate surface area is 165 Å². The largest absolute Gasteiger partial charge is 0.486 e. The fraction of sp³-hybridized carbons (Fsp3) is 0.222. The Hall–Kier alpha value is -1.87. The summed E-state index contributed by atoms with van der Waals surface area (Å²) in [5, 5.41) is 6.05. The zero-order valence-corrected chi connectivity index (χ0v) is 16.6. The molecule has 1 amide bonds. The Balaban J connectivity index is 1.68. The van der Waals surface area contributed by atoms with E-state index in [2.05, 4.69) is 46.2 Å². The Kier molecular flexibility index (Phi) is 5.74. The molecular weight excluding hydrogens is 451 g/mol. The van der Waals surface area contributed by atoms with Gasteiger partial charge in [-0.05, 0) is 83.2 Å². The molecule has 7 heteroatoms. The number of amides is 1. The van der Waals surface area contributed by atoms with Crippen molar-refractivity contribution in [3.05, 3.63) is 51.1 Å². The minimum absolute atomic E-state index is 0.260. The molecule has 3 rings (SSSR count). The van der Waals surface area contributed by atoms with Gasteiger partial charge in [-0.15, -0.1) is 0 Å². The van der Waals surface area contributed by atoms with Crippen LogP contribution in [0.3, 0.4) is 0 Å². The van der Waals surface area contributed by atoms with E-state index in [0.29, 0.717) is 30.3 Å². The van der Waals surface area contributed by atoms with E-state index in [1.807, 2.05) is 12.1 Å². The van der Waals surface area contributed by atoms with Crippen LogP contribution in [0.5, 0.6) is 11.5 Å². The maximum absolute atomic E-state index is 12.4. The lowest BCUT2D eigenvalue weighted by Gasteiger charge is -2.19. The molecular formula is C18H17IN2O3S. The van der Waals surface area contributed by atoms with Gasteiger partial charge in [0, 0.05) is 14.8 Å². The first kappa shape index (κ1) is 17.9. The minimum Gasteiger partial charge on any atom is -0.486 e. The van der Waals surface area contributed by atoms with Gasteiger partial charge in [-0.3, -0.25) is 10.1 Å². The van der Waals surface area contributed by atoms with Crippen LogP contribution >= 0.6 is 34.8 Å². The molecule has 0 aliphatic carbocycles. The van der Waals surface area contributed by atoms with Gasteiger partial charge in [-0.1, -0.05) is 6.92 Å². The average molecular weight is 468 g/mol. The second-order valence-electron chi connectivity index (χ2n) is 5.42. The summed E-state index contributed by atoms with van der Waals surface area (Å²) in [6.07, 6.45) is 0.873. The standard InChI is InChI=1S/C18H17IN2O3S/c1-2-11-9-13(19)4-5-14(11)20-18(25)21-17(22)12-3-6-15-16(10-12)24-8-7-23-15/h3-6,9-10H,2,7-8H2,1H3,(H2,20,21,22,25). The summed E-state index contributed by atoms with van der Waals surface area (Å²) in [6.45, 7) is 3.07. The van der Waals surface area contributed by atoms with E-state index in [9.17, 15) is 4.79 Å². The van der Waals surface area contributed by atoms with E-state index in [0.717, 1.165) is 21.2 Å². The number of thiocarbonyl (C=S) groups is 1. The third kappa shape index (κ3) is 4.40. The van der Waals surface area contributed by atoms with Crippen LogP contribution in [0, 0.1) is 3.57 Å². The van der Waals surface area contributed by atoms with E-state index in [-0.39, 0.29) is 11.0 Å². The maximum Gasteiger partial charge on any atom is 0.257 e. The summed E-state index contributed by atoms with van der Waals surface area (Å²) < 4.78 is 12.1. The number of hydrogen-bond acceptors (Lipinski definition) is 4. The molecule has 130 valence electrons. The highest BCUT2D eigenvalue weighted by Crippen LogP contribution is 2.30. The van der Waals surface area contributed by atoms with Crippen molar-refractivity contribution in [1.82, 2.24) is 5.32 Å². The molecule has 5 nitrogen and oxygen atoms in total. The fourth-order valence-electron chi connectivity index (χ4n) is 2.49. The summed E-state index contributed by atoms with van der Waals surface area (Å²) in [7, 11) is 0. The SMILES string of the molecule is CCc1cc(I)ccc1NC(=S)NC(=O)c1ccc2c(c1)OCCO2. The van der Waals surface area contributed by atoms with Crippen molar-refractivity contribution >= 4 is 51.5 Å². The highest BCUT2D eigenvalue weighted by molar-refractivity contribution is 14.1. The normalized spacial score (nSPS) is 12.4. The molecule has 1 aliphatic rings. The van der Waals surface area contributed by atoms with Gasteiger partial charge < -0.3 is 14.8 Å². The van der Waals surface area contributed by atoms with Crippen LogP contribution in [0.4, 0.5) is 5.69 Å². The average Bonchev–Trinajstić information content (AvgIpc) is 2.62. The second-order valence-corrected chi connectivity index (χ2v) is 7.08. The summed E-state index contributed by atoms with van der Waals surface area (Å²) >= 11 is 7.54. The topological polar surface area (TPSA) is 59.6 Å². The third-order valence-corrected chi connectivity index (χ3v) is 4.60. The first-order valence-electron chi connectivity index (χ1n) is 7.87. The molecule has 1 heterocycles. The first-order valence-corrected chi connectivity index (χ1v) is 9.36. The lowest BCUT2D eigenvalue weighted by atomic mass is 10.1. The fourth-order valence-corrected chi connectivity index (χ4v) is 3.25. The summed E-state index contributed by atoms with van der Waals surface area (Å²) in [5.41, 5.74) is 2.50. The van der Waals surface area contributed by atoms with Gasteiger partial charge in [0.15, 0.2) is 16.6 Å². The minimum atomic E-state index is -0.293. The quantitative estimate of drug-likeness (QED) is 0.531. The number of rotatable bonds is 3. The van der Waals surface area contributed by atoms with Crippen LogP contribution in [0.2, 0.25) is 0 Å². The predicted octanol–water partition coefficient (Wildman–Crippen LogP) is 3.75. The maximum atomic E-state index is 12.4. The highest BCUT2D eigenvalue weighted by Gasteiger charge is 2.16. The lowest BCUT2D eigenvalue weighted by Crippen LogP contribution is -2.34. The number of hydrogen-bond donors (Lipinski definition) is 2. The molecule has 0 spiro atoms. The Bertz CT molecular complexity index is 826. The van der Waals surface area contributed by atoms with Crippen LogP contribution in [0.15, 0.2) is 36.4 Å². The zero-order valence-electron chi connectivity index (χ0n) is 13.6. The molecule has 0 atom stereocenters. The number of benzene rings is 2. The number of anilines is 1. The van der Waals surface area contributed by atoms with E-state index in [4.69, 9.17) is 21.7 Å². The smallest absolute Gasteiger partial charge is 0.257 e. The second kappa shape index (κ2) is 8.01. The molecule has 0 saturated carbocycles. The van der Waals surface area contributed by atoms with Gasteiger partial charge in [0.1, 0.15) is 13.2 Å². The van der Waals surface area contributed by atoms with Crippen molar-refractivity contribution < 1.29 is 14.3 Å². The molecule has 2 aromatic carbocycles. The molecule has 0 fully saturated rings. The third-order valence-electron chi connectivity index (χ3n) is 3.73. The van der Waals surface area contributed by atoms with Crippen molar-refractivity contribution in [1.29, 1.82) is 0 Å². The van der Waals surface area contributed by atoms with Crippen LogP contribution in [-0.2, 0) is 6.42 Å². The molecule has 25 heavy (non-hydrogen) atoms. The molecule has 2 aromatic rings. The highest BCUT2D eigenvalue weighted by atomic mass is 127. The Morgan fingerprint density at radius 1 is 1.16 bits per heavy atom. The number of fused-ring (bicyclic) bond motifs is 1. The molecule has 0 aromatic heterocycles. The van der Waals surface area contributed by atoms with Gasteiger partial charge in [0.05, 0.1) is 0 Å². The van der Waals surface area contributed by atoms with Crippen LogP contribution in [-0.4, -0.2) is 24.2 Å². The molecule has 0 unspecified atom stereocenters. The molecule has 1 aliphatic heterocycles. The first-order chi connectivity index (χ1) is 12.1. The molecule has 2 N–H and O–H groups in total. The Morgan fingerprint density at radius 2 is 1.92 bits per heavy atom. The predicted molar refractivity (Wildman–Crippen MR) is 110 cm³/mol. The zero-order chi connectivity index (χ0) is 17.8. The van der Waals surface area contributed by atoms with Gasteiger partial charge in [0.25, 0.3) is 5.91 Å². The molecule has 0 saturated heterocycles. The van der Waals surface area contributed by atoms with E-state index >= 15 is 0 Å². The molecule has 0 radical (unpaired) electrons. The number of ether oxygens (including phenoxy) is 2. The summed E-state index contributed by atoms with van der Waals surface area (Å²) in [4.78, 5) is 12.4. The Morgan fingerprint density at radius 3 is 2.68 bits per heavy atom. The van der Waals surface area contributed by atoms with Crippen molar-refractivity contribution in [2.24, 2.45) is 0 Å². The number of carbonyl (C=O) groups excluding carboxylic acids is 1. The van der Waals surface area contributed by atoms with E-state index in [1.54, 1.807) is 18.2 Å². The number of aryl methyl sites for hydroxylation is 1. The van der Waals surface area contributed by atoms with Crippen molar-refractivity contribution in [3.63, 3.8) is 0 Å².